The minimum Gasteiger partial charge on any atom is -0.461 e. The second-order valence-corrected chi connectivity index (χ2v) is 8.06. The molecule has 2 aromatic rings. The van der Waals surface area contributed by atoms with Gasteiger partial charge in [-0.3, -0.25) is 4.79 Å². The maximum Gasteiger partial charge on any atom is 0.318 e. The number of carbonyl (C=O) groups is 1. The van der Waals surface area contributed by atoms with Crippen LogP contribution in [0, 0.1) is 17.8 Å². The van der Waals surface area contributed by atoms with Gasteiger partial charge in [-0.1, -0.05) is 87.9 Å². The van der Waals surface area contributed by atoms with Gasteiger partial charge in [-0.15, -0.1) is 0 Å². The maximum atomic E-state index is 13.3. The van der Waals surface area contributed by atoms with Crippen LogP contribution in [-0.4, -0.2) is 12.1 Å². The molecule has 0 unspecified atom stereocenters. The number of rotatable bonds is 5. The quantitative estimate of drug-likeness (QED) is 0.635. The van der Waals surface area contributed by atoms with Gasteiger partial charge in [-0.2, -0.15) is 0 Å². The van der Waals surface area contributed by atoms with E-state index in [9.17, 15) is 4.79 Å². The van der Waals surface area contributed by atoms with Crippen molar-refractivity contribution in [1.29, 1.82) is 0 Å². The van der Waals surface area contributed by atoms with E-state index in [-0.39, 0.29) is 18.0 Å². The fourth-order valence-corrected chi connectivity index (χ4v) is 4.22. The number of hydrogen-bond donors (Lipinski definition) is 0. The molecule has 0 heterocycles. The number of esters is 1. The summed E-state index contributed by atoms with van der Waals surface area (Å²) in [5, 5.41) is 0. The van der Waals surface area contributed by atoms with Gasteiger partial charge in [0.15, 0.2) is 0 Å². The number of carbonyl (C=O) groups excluding carboxylic acids is 1. The summed E-state index contributed by atoms with van der Waals surface area (Å²) in [5.74, 6) is 1.14. The standard InChI is InChI=1S/C24H30O2/c1-17(2)21-15-14-18(3)16-22(21)26-24(25)23(19-10-6-4-7-11-19)20-12-8-5-9-13-20/h4-13,17-18,21-23H,14-16H2,1-3H3/t18-,21+,22-/m1/s1. The highest BCUT2D eigenvalue weighted by Crippen LogP contribution is 2.37. The first-order chi connectivity index (χ1) is 12.6. The molecule has 0 spiro atoms. The predicted octanol–water partition coefficient (Wildman–Crippen LogP) is 5.82. The van der Waals surface area contributed by atoms with E-state index in [1.807, 2.05) is 60.7 Å². The molecule has 2 heteroatoms. The van der Waals surface area contributed by atoms with E-state index in [1.54, 1.807) is 0 Å². The van der Waals surface area contributed by atoms with Crippen molar-refractivity contribution in [2.24, 2.45) is 17.8 Å². The molecule has 3 atom stereocenters. The van der Waals surface area contributed by atoms with Crippen LogP contribution in [-0.2, 0) is 9.53 Å². The van der Waals surface area contributed by atoms with E-state index in [0.717, 1.165) is 24.0 Å². The van der Waals surface area contributed by atoms with E-state index in [0.29, 0.717) is 17.8 Å². The van der Waals surface area contributed by atoms with Gasteiger partial charge < -0.3 is 4.74 Å². The molecule has 138 valence electrons. The third-order valence-corrected chi connectivity index (χ3v) is 5.73. The third kappa shape index (κ3) is 4.35. The van der Waals surface area contributed by atoms with Gasteiger partial charge in [-0.05, 0) is 41.7 Å². The van der Waals surface area contributed by atoms with Crippen LogP contribution in [0.5, 0.6) is 0 Å². The highest BCUT2D eigenvalue weighted by molar-refractivity contribution is 5.82. The Labute approximate surface area is 157 Å². The minimum atomic E-state index is -0.359. The van der Waals surface area contributed by atoms with Crippen LogP contribution in [0.3, 0.4) is 0 Å². The van der Waals surface area contributed by atoms with E-state index in [1.165, 1.54) is 6.42 Å². The number of ether oxygens (including phenoxy) is 1. The average Bonchev–Trinajstić information content (AvgIpc) is 2.63. The topological polar surface area (TPSA) is 26.3 Å². The lowest BCUT2D eigenvalue weighted by Crippen LogP contribution is -2.37. The zero-order valence-corrected chi connectivity index (χ0v) is 16.1. The fourth-order valence-electron chi connectivity index (χ4n) is 4.22. The second-order valence-electron chi connectivity index (χ2n) is 8.06. The van der Waals surface area contributed by atoms with Crippen molar-refractivity contribution in [3.63, 3.8) is 0 Å². The van der Waals surface area contributed by atoms with Crippen molar-refractivity contribution in [2.45, 2.75) is 52.1 Å². The monoisotopic (exact) mass is 350 g/mol. The summed E-state index contributed by atoms with van der Waals surface area (Å²) in [5.41, 5.74) is 1.99. The van der Waals surface area contributed by atoms with Crippen LogP contribution in [0.1, 0.15) is 57.1 Å². The van der Waals surface area contributed by atoms with Crippen molar-refractivity contribution in [3.8, 4) is 0 Å². The molecule has 3 rings (SSSR count). The number of benzene rings is 2. The van der Waals surface area contributed by atoms with Crippen molar-refractivity contribution in [1.82, 2.24) is 0 Å². The van der Waals surface area contributed by atoms with E-state index >= 15 is 0 Å². The Kier molecular flexibility index (Phi) is 6.13. The minimum absolute atomic E-state index is 0.0289. The highest BCUT2D eigenvalue weighted by Gasteiger charge is 2.35. The summed E-state index contributed by atoms with van der Waals surface area (Å²) in [6.45, 7) is 6.75. The van der Waals surface area contributed by atoms with Gasteiger partial charge in [-0.25, -0.2) is 0 Å². The van der Waals surface area contributed by atoms with Crippen molar-refractivity contribution < 1.29 is 9.53 Å². The Bertz CT molecular complexity index is 653. The van der Waals surface area contributed by atoms with E-state index in [2.05, 4.69) is 20.8 Å². The van der Waals surface area contributed by atoms with Crippen LogP contribution in [0.25, 0.3) is 0 Å². The van der Waals surface area contributed by atoms with Crippen molar-refractivity contribution >= 4 is 5.97 Å². The maximum absolute atomic E-state index is 13.3. The lowest BCUT2D eigenvalue weighted by Gasteiger charge is -2.37. The molecule has 0 N–H and O–H groups in total. The van der Waals surface area contributed by atoms with E-state index in [4.69, 9.17) is 4.74 Å². The smallest absolute Gasteiger partial charge is 0.318 e. The van der Waals surface area contributed by atoms with Crippen molar-refractivity contribution in [2.75, 3.05) is 0 Å². The third-order valence-electron chi connectivity index (χ3n) is 5.73. The van der Waals surface area contributed by atoms with Crippen LogP contribution in [0.15, 0.2) is 60.7 Å². The van der Waals surface area contributed by atoms with Crippen LogP contribution in [0.2, 0.25) is 0 Å². The summed E-state index contributed by atoms with van der Waals surface area (Å²) in [4.78, 5) is 13.3. The molecule has 1 aliphatic rings. The van der Waals surface area contributed by atoms with Crippen LogP contribution >= 0.6 is 0 Å². The summed E-state index contributed by atoms with van der Waals surface area (Å²) in [6, 6.07) is 20.0. The molecule has 0 bridgehead atoms. The molecule has 0 aliphatic heterocycles. The second kappa shape index (κ2) is 8.53. The fraction of sp³-hybridized carbons (Fsp3) is 0.458. The molecule has 2 nitrogen and oxygen atoms in total. The van der Waals surface area contributed by atoms with Crippen LogP contribution < -0.4 is 0 Å². The first-order valence-electron chi connectivity index (χ1n) is 9.86. The lowest BCUT2D eigenvalue weighted by atomic mass is 9.75. The Morgan fingerprint density at radius 2 is 1.46 bits per heavy atom. The molecule has 0 saturated heterocycles. The van der Waals surface area contributed by atoms with Gasteiger partial charge in [0.25, 0.3) is 0 Å². The molecular weight excluding hydrogens is 320 g/mol. The molecule has 0 aromatic heterocycles. The molecular formula is C24H30O2. The summed E-state index contributed by atoms with van der Waals surface area (Å²) < 4.78 is 6.17. The summed E-state index contributed by atoms with van der Waals surface area (Å²) in [6.07, 6.45) is 3.39. The molecule has 26 heavy (non-hydrogen) atoms. The van der Waals surface area contributed by atoms with Gasteiger partial charge in [0.05, 0.1) is 0 Å². The molecule has 1 fully saturated rings. The Morgan fingerprint density at radius 3 is 1.96 bits per heavy atom. The Balaban J connectivity index is 1.86. The number of hydrogen-bond acceptors (Lipinski definition) is 2. The SMILES string of the molecule is CC(C)[C@@H]1CC[C@@H](C)C[C@H]1OC(=O)C(c1ccccc1)c1ccccc1. The summed E-state index contributed by atoms with van der Waals surface area (Å²) in [7, 11) is 0. The average molecular weight is 351 g/mol. The van der Waals surface area contributed by atoms with Gasteiger partial charge in [0, 0.05) is 0 Å². The Morgan fingerprint density at radius 1 is 0.923 bits per heavy atom. The van der Waals surface area contributed by atoms with Gasteiger partial charge >= 0.3 is 5.97 Å². The molecule has 1 aliphatic carbocycles. The first-order valence-corrected chi connectivity index (χ1v) is 9.86. The largest absolute Gasteiger partial charge is 0.461 e. The molecule has 0 radical (unpaired) electrons. The lowest BCUT2D eigenvalue weighted by molar-refractivity contribution is -0.156. The van der Waals surface area contributed by atoms with Gasteiger partial charge in [0.2, 0.25) is 0 Å². The van der Waals surface area contributed by atoms with Crippen molar-refractivity contribution in [3.05, 3.63) is 71.8 Å². The highest BCUT2D eigenvalue weighted by atomic mass is 16.5. The summed E-state index contributed by atoms with van der Waals surface area (Å²) >= 11 is 0. The van der Waals surface area contributed by atoms with E-state index < -0.39 is 0 Å². The molecule has 1 saturated carbocycles. The predicted molar refractivity (Wildman–Crippen MR) is 106 cm³/mol. The normalized spacial score (nSPS) is 23.2. The zero-order valence-electron chi connectivity index (χ0n) is 16.1. The first kappa shape index (κ1) is 18.7. The zero-order chi connectivity index (χ0) is 18.5. The molecule has 0 amide bonds. The molecule has 2 aromatic carbocycles. The van der Waals surface area contributed by atoms with Crippen LogP contribution in [0.4, 0.5) is 0 Å². The van der Waals surface area contributed by atoms with Gasteiger partial charge in [0.1, 0.15) is 12.0 Å². The Hall–Kier alpha value is -2.09.